The van der Waals surface area contributed by atoms with Crippen molar-refractivity contribution < 1.29 is 147 Å². The molecule has 0 aromatic heterocycles. The van der Waals surface area contributed by atoms with E-state index in [2.05, 4.69) is 62.3 Å². The van der Waals surface area contributed by atoms with Crippen molar-refractivity contribution in [2.45, 2.75) is 562 Å². The first-order valence-corrected chi connectivity index (χ1v) is 59.3. The molecule has 16 unspecified atom stereocenters. The molecule has 148 heavy (non-hydrogen) atoms. The van der Waals surface area contributed by atoms with Crippen LogP contribution >= 0.6 is 0 Å². The second-order valence-electron chi connectivity index (χ2n) is 53.2. The van der Waals surface area contributed by atoms with E-state index < -0.39 is 162 Å². The Labute approximate surface area is 881 Å². The highest BCUT2D eigenvalue weighted by Crippen LogP contribution is 2.75. The van der Waals surface area contributed by atoms with Crippen LogP contribution in [0.25, 0.3) is 0 Å². The van der Waals surface area contributed by atoms with Crippen molar-refractivity contribution >= 4 is 0 Å². The fourth-order valence-electron chi connectivity index (χ4n) is 37.6. The van der Waals surface area contributed by atoms with Crippen molar-refractivity contribution in [2.75, 3.05) is 19.8 Å². The van der Waals surface area contributed by atoms with E-state index in [1.807, 2.05) is 78.8 Å². The minimum absolute atomic E-state index is 0.0113. The topological polar surface area (TPSA) is 431 Å². The summed E-state index contributed by atoms with van der Waals surface area (Å²) in [7, 11) is 0. The van der Waals surface area contributed by atoms with Gasteiger partial charge in [0.2, 0.25) is 0 Å². The van der Waals surface area contributed by atoms with E-state index >= 15 is 0 Å². The third-order valence-corrected chi connectivity index (χ3v) is 46.0. The van der Waals surface area contributed by atoms with E-state index in [1.165, 1.54) is 0 Å². The Morgan fingerprint density at radius 2 is 0.642 bits per heavy atom. The molecule has 21 rings (SSSR count). The van der Waals surface area contributed by atoms with Crippen LogP contribution in [0.1, 0.15) is 361 Å². The monoisotopic (exact) mass is 2090 g/mol. The number of rotatable bonds is 25. The summed E-state index contributed by atoms with van der Waals surface area (Å²) in [5.41, 5.74) is -3.21. The number of ether oxygens (including phenoxy) is 16. The Kier molecular flexibility index (Phi) is 34.6. The van der Waals surface area contributed by atoms with E-state index in [0.29, 0.717) is 61.2 Å². The zero-order valence-corrected chi connectivity index (χ0v) is 92.3. The van der Waals surface area contributed by atoms with Gasteiger partial charge in [0, 0.05) is 80.2 Å². The molecular weight excluding hydrogens is 1900 g/mol. The lowest BCUT2D eigenvalue weighted by Gasteiger charge is -2.65. The van der Waals surface area contributed by atoms with Crippen molar-refractivity contribution in [3.05, 3.63) is 35.9 Å². The van der Waals surface area contributed by atoms with Crippen molar-refractivity contribution in [1.82, 2.24) is 0 Å². The molecule has 0 amide bonds. The molecule has 30 heteroatoms. The average molecular weight is 2090 g/mol. The molecule has 14 N–H and O–H groups in total. The second-order valence-corrected chi connectivity index (χ2v) is 53.2. The van der Waals surface area contributed by atoms with E-state index in [-0.39, 0.29) is 169 Å². The van der Waals surface area contributed by atoms with E-state index in [1.54, 1.807) is 6.92 Å². The number of benzene rings is 1. The summed E-state index contributed by atoms with van der Waals surface area (Å²) in [4.78, 5) is 0. The number of hydrogen-bond donors (Lipinski definition) is 14. The number of aliphatic hydroxyl groups is 14. The highest BCUT2D eigenvalue weighted by molar-refractivity contribution is 5.25. The third kappa shape index (κ3) is 20.5. The molecule has 30 nitrogen and oxygen atoms in total. The van der Waals surface area contributed by atoms with Gasteiger partial charge in [-0.05, 0) is 334 Å². The van der Waals surface area contributed by atoms with Crippen LogP contribution in [-0.2, 0) is 75.8 Å². The summed E-state index contributed by atoms with van der Waals surface area (Å²) >= 11 is 0. The summed E-state index contributed by atoms with van der Waals surface area (Å²) in [6.07, 6.45) is 14.7. The van der Waals surface area contributed by atoms with Gasteiger partial charge in [-0.2, -0.15) is 0 Å². The van der Waals surface area contributed by atoms with Crippen LogP contribution in [0.4, 0.5) is 0 Å². The van der Waals surface area contributed by atoms with Gasteiger partial charge in [-0.15, -0.1) is 0 Å². The maximum absolute atomic E-state index is 12.7. The van der Waals surface area contributed by atoms with Crippen LogP contribution in [0.5, 0.6) is 0 Å². The standard InChI is InChI=1S/C43H66O10.C39H66O10.C36H62O10/c1-6-26(16-19-44)30-15-18-43(47)31-13-12-28-20-29(14-17-41(28,4)32(31)21-35(46)42(30,43)5)50-36-22-33(45)38(24(2)48-36)52-37-23-34-39(25(3)49-37)53-40(51-34)27-10-8-7-9-11-27;1-8-23(13-16-40)26-12-15-39(43)27-10-9-24-17-25(11-14-37(24,6)28(27)18-31(42)38(26,39)7)46-32-19-29(41)34(21(2)44-32)47-33-20-30-35(22(3)45-33)49-36(4,5)48-30;1-6-21(11-14-37)24-10-13-36(42)25-8-7-22-15-23(9-12-34(22,4)26(25)16-29(40)35(24,36)5)45-30-18-28(39)33(20(3)44-30)46-31-17-27(38)32(41)19(2)43-31/h7-11,24-26,28-40,44-47H,6,12-23H2,1-5H3;21-35,40-43H,8-20H2,1-7H3;19-33,37-42H,6-18H2,1-5H3/t24?,25?,26?,28-,29+,30-,31-,32+,33-,34-,35-,36+,37+,38?,39?,40?,41+,42+,43+;21?,22?,23?,24-,25+,26-,27-,28+,29-,30-,31-,32+,33+,34?,35?,37+,38+,39+;19?,20?,21?,22-,23+,24-,25-,26+,27-,28-,29-,30+,31+,32?,33?,34+,35+,36+/m111/s1. The SMILES string of the molecule is CCC(CCO)[C@H]1CC[C@]2(O)[C@@H]3CC[C@@H]4C[C@@H](O[C@H]5C[C@@H](O)C(O[C@H]6C[C@@H](O)C(O)C(C)O6)C(C)O5)CC[C@]4(C)[C@H]3C[C@@H](O)[C@]12C.CCC(CCO)[C@H]1CC[C@]2(O)[C@@H]3CC[C@@H]4C[C@@H](O[C@H]5C[C@@H](O)C(O[C@H]6C[C@H]7OC(C)(C)OC7C(C)O6)C(C)O5)CC[C@]4(C)[C@H]3C[C@@H](O)[C@]12C.CCC(CCO)[C@H]1CC[C@]2(O)[C@@H]3CC[C@@H]4C[C@@H](O[C@H]5C[C@@H](O)C(O[C@H]6C[C@H]7OC(c8ccccc8)OC7C(C)O6)C(C)O5)CC[C@]4(C)[C@H]3C[C@@H](O)[C@]12C. The van der Waals surface area contributed by atoms with Crippen LogP contribution in [0.15, 0.2) is 30.3 Å². The lowest BCUT2D eigenvalue weighted by Crippen LogP contribution is -2.67. The summed E-state index contributed by atoms with van der Waals surface area (Å²) < 4.78 is 100. The molecule has 12 aliphatic carbocycles. The normalized spacial score (nSPS) is 53.5. The maximum Gasteiger partial charge on any atom is 0.184 e. The molecule has 20 fully saturated rings. The molecule has 1 aromatic rings. The van der Waals surface area contributed by atoms with Gasteiger partial charge in [-0.25, -0.2) is 0 Å². The van der Waals surface area contributed by atoms with Crippen LogP contribution in [0, 0.1) is 121 Å². The van der Waals surface area contributed by atoms with Gasteiger partial charge in [-0.3, -0.25) is 0 Å². The Hall–Kier alpha value is -1.98. The first-order chi connectivity index (χ1) is 70.3. The molecule has 12 saturated carbocycles. The maximum atomic E-state index is 12.7. The Morgan fingerprint density at radius 3 is 0.986 bits per heavy atom. The van der Waals surface area contributed by atoms with Gasteiger partial charge in [0.15, 0.2) is 49.8 Å². The van der Waals surface area contributed by atoms with Gasteiger partial charge in [0.05, 0.1) is 127 Å². The van der Waals surface area contributed by atoms with Crippen molar-refractivity contribution in [2.24, 2.45) is 121 Å². The molecule has 0 radical (unpaired) electrons. The Balaban J connectivity index is 0.000000140. The molecule has 8 saturated heterocycles. The van der Waals surface area contributed by atoms with Crippen LogP contribution < -0.4 is 0 Å². The van der Waals surface area contributed by atoms with Crippen LogP contribution in [0.3, 0.4) is 0 Å². The number of aliphatic hydroxyl groups excluding tert-OH is 11. The lowest BCUT2D eigenvalue weighted by atomic mass is 9.42. The van der Waals surface area contributed by atoms with Crippen molar-refractivity contribution in [3.63, 3.8) is 0 Å². The molecule has 20 aliphatic rings. The lowest BCUT2D eigenvalue weighted by molar-refractivity contribution is -0.318. The molecule has 8 aliphatic heterocycles. The van der Waals surface area contributed by atoms with Crippen molar-refractivity contribution in [1.29, 1.82) is 0 Å². The van der Waals surface area contributed by atoms with E-state index in [9.17, 15) is 71.5 Å². The van der Waals surface area contributed by atoms with Gasteiger partial charge >= 0.3 is 0 Å². The third-order valence-electron chi connectivity index (χ3n) is 46.0. The van der Waals surface area contributed by atoms with Crippen LogP contribution in [0.2, 0.25) is 0 Å². The molecule has 8 heterocycles. The molecule has 0 bridgehead atoms. The highest BCUT2D eigenvalue weighted by Gasteiger charge is 2.76. The average Bonchev–Trinajstić information content (AvgIpc) is 1.49. The summed E-state index contributed by atoms with van der Waals surface area (Å²) in [5, 5.41) is 157. The quantitative estimate of drug-likeness (QED) is 0.0404. The van der Waals surface area contributed by atoms with E-state index in [0.717, 1.165) is 198 Å². The first-order valence-electron chi connectivity index (χ1n) is 59.3. The van der Waals surface area contributed by atoms with E-state index in [4.69, 9.17) is 75.8 Å². The minimum Gasteiger partial charge on any atom is -0.396 e. The predicted octanol–water partition coefficient (Wildman–Crippen LogP) is 14.3. The van der Waals surface area contributed by atoms with Gasteiger partial charge in [0.1, 0.15) is 36.6 Å². The van der Waals surface area contributed by atoms with Crippen molar-refractivity contribution in [3.8, 4) is 0 Å². The fraction of sp³-hybridized carbons (Fsp3) is 0.949. The molecule has 846 valence electrons. The first kappa shape index (κ1) is 114. The number of fused-ring (bicyclic) bond motifs is 17. The molecular formula is C118H194O30. The summed E-state index contributed by atoms with van der Waals surface area (Å²) in [6, 6.07) is 9.94. The smallest absolute Gasteiger partial charge is 0.184 e. The molecule has 1 aromatic carbocycles. The Bertz CT molecular complexity index is 4420. The second kappa shape index (κ2) is 44.8. The fourth-order valence-corrected chi connectivity index (χ4v) is 37.6. The zero-order valence-electron chi connectivity index (χ0n) is 92.3. The van der Waals surface area contributed by atoms with Gasteiger partial charge < -0.3 is 147 Å². The summed E-state index contributed by atoms with van der Waals surface area (Å²) in [6.45, 7) is 35.9. The largest absolute Gasteiger partial charge is 0.396 e. The molecule has 0 spiro atoms. The zero-order chi connectivity index (χ0) is 106. The minimum atomic E-state index is -0.964. The highest BCUT2D eigenvalue weighted by atomic mass is 16.8. The summed E-state index contributed by atoms with van der Waals surface area (Å²) in [5.74, 6) is 3.63. The van der Waals surface area contributed by atoms with Crippen LogP contribution in [-0.4, -0.2) is 298 Å². The van der Waals surface area contributed by atoms with Gasteiger partial charge in [-0.1, -0.05) is 112 Å². The Morgan fingerprint density at radius 1 is 0.318 bits per heavy atom. The number of hydrogen-bond acceptors (Lipinski definition) is 30. The predicted molar refractivity (Wildman–Crippen MR) is 546 cm³/mol. The molecule has 55 atom stereocenters. The van der Waals surface area contributed by atoms with Gasteiger partial charge in [0.25, 0.3) is 0 Å².